The van der Waals surface area contributed by atoms with E-state index in [4.69, 9.17) is 0 Å². The maximum atomic E-state index is 12.7. The van der Waals surface area contributed by atoms with Crippen molar-refractivity contribution >= 4 is 11.8 Å². The van der Waals surface area contributed by atoms with Crippen LogP contribution in [0.3, 0.4) is 0 Å². The molecule has 1 aliphatic rings. The van der Waals surface area contributed by atoms with Gasteiger partial charge in [0.05, 0.1) is 5.92 Å². The molecule has 0 spiro atoms. The van der Waals surface area contributed by atoms with Gasteiger partial charge < -0.3 is 10.2 Å². The van der Waals surface area contributed by atoms with Crippen LogP contribution in [-0.2, 0) is 16.0 Å². The van der Waals surface area contributed by atoms with Crippen molar-refractivity contribution in [2.24, 2.45) is 5.92 Å². The normalized spacial score (nSPS) is 18.3. The summed E-state index contributed by atoms with van der Waals surface area (Å²) >= 11 is 0. The van der Waals surface area contributed by atoms with Crippen molar-refractivity contribution in [2.45, 2.75) is 19.0 Å². The highest BCUT2D eigenvalue weighted by molar-refractivity contribution is 5.89. The van der Waals surface area contributed by atoms with E-state index >= 15 is 0 Å². The summed E-state index contributed by atoms with van der Waals surface area (Å²) in [7, 11) is 0. The molecule has 1 aromatic carbocycles. The number of hydrogen-bond acceptors (Lipinski definition) is 2. The Balaban J connectivity index is 1.78. The van der Waals surface area contributed by atoms with Gasteiger partial charge >= 0.3 is 6.18 Å². The number of amides is 2. The van der Waals surface area contributed by atoms with Gasteiger partial charge in [0, 0.05) is 19.5 Å². The molecule has 0 radical (unpaired) electrons. The van der Waals surface area contributed by atoms with Crippen LogP contribution >= 0.6 is 0 Å². The summed E-state index contributed by atoms with van der Waals surface area (Å²) in [4.78, 5) is 24.1. The standard InChI is InChI=1S/C15H16F4N2O2/c16-12-3-1-10(2-4-12)5-6-20-14(23)11-7-13(22)21(8-11)9-15(17,18)19/h1-4,11H,5-9H2,(H,20,23)/t11-/m0/s1. The molecular formula is C15H16F4N2O2. The fraction of sp³-hybridized carbons (Fsp3) is 0.467. The molecule has 2 amide bonds. The van der Waals surface area contributed by atoms with Crippen molar-refractivity contribution < 1.29 is 27.2 Å². The highest BCUT2D eigenvalue weighted by Gasteiger charge is 2.40. The Morgan fingerprint density at radius 3 is 2.52 bits per heavy atom. The molecule has 1 aliphatic heterocycles. The molecule has 1 saturated heterocycles. The zero-order valence-corrected chi connectivity index (χ0v) is 12.2. The monoisotopic (exact) mass is 332 g/mol. The molecule has 1 heterocycles. The molecule has 0 aromatic heterocycles. The van der Waals surface area contributed by atoms with Gasteiger partial charge in [-0.25, -0.2) is 4.39 Å². The lowest BCUT2D eigenvalue weighted by Gasteiger charge is -2.18. The lowest BCUT2D eigenvalue weighted by molar-refractivity contribution is -0.157. The van der Waals surface area contributed by atoms with Gasteiger partial charge in [0.2, 0.25) is 11.8 Å². The Kier molecular flexibility index (Phi) is 5.23. The van der Waals surface area contributed by atoms with Crippen molar-refractivity contribution in [3.05, 3.63) is 35.6 Å². The molecule has 1 N–H and O–H groups in total. The first-order chi connectivity index (χ1) is 10.7. The zero-order chi connectivity index (χ0) is 17.0. The van der Waals surface area contributed by atoms with Gasteiger partial charge in [-0.15, -0.1) is 0 Å². The topological polar surface area (TPSA) is 49.4 Å². The number of hydrogen-bond donors (Lipinski definition) is 1. The highest BCUT2D eigenvalue weighted by atomic mass is 19.4. The SMILES string of the molecule is O=C(NCCc1ccc(F)cc1)[C@H]1CC(=O)N(CC(F)(F)F)C1. The number of nitrogens with zero attached hydrogens (tertiary/aromatic N) is 1. The summed E-state index contributed by atoms with van der Waals surface area (Å²) in [5, 5.41) is 2.60. The fourth-order valence-corrected chi connectivity index (χ4v) is 2.44. The Labute approximate surface area is 130 Å². The maximum absolute atomic E-state index is 12.7. The van der Waals surface area contributed by atoms with Gasteiger partial charge in [0.1, 0.15) is 12.4 Å². The average molecular weight is 332 g/mol. The molecule has 0 unspecified atom stereocenters. The Hall–Kier alpha value is -2.12. The number of rotatable bonds is 5. The molecule has 2 rings (SSSR count). The van der Waals surface area contributed by atoms with Crippen LogP contribution in [0.4, 0.5) is 17.6 Å². The van der Waals surface area contributed by atoms with Gasteiger partial charge in [0.15, 0.2) is 0 Å². The molecular weight excluding hydrogens is 316 g/mol. The van der Waals surface area contributed by atoms with Gasteiger partial charge in [-0.3, -0.25) is 9.59 Å². The Bertz CT molecular complexity index is 572. The van der Waals surface area contributed by atoms with Crippen molar-refractivity contribution in [1.82, 2.24) is 10.2 Å². The number of halogens is 4. The number of nitrogens with one attached hydrogen (secondary N) is 1. The van der Waals surface area contributed by atoms with Gasteiger partial charge in [-0.1, -0.05) is 12.1 Å². The highest BCUT2D eigenvalue weighted by Crippen LogP contribution is 2.23. The molecule has 4 nitrogen and oxygen atoms in total. The minimum Gasteiger partial charge on any atom is -0.355 e. The molecule has 1 fully saturated rings. The third kappa shape index (κ3) is 5.22. The third-order valence-electron chi connectivity index (χ3n) is 3.58. The Morgan fingerprint density at radius 1 is 1.26 bits per heavy atom. The number of likely N-dealkylation sites (tertiary alicyclic amines) is 1. The average Bonchev–Trinajstić information content (AvgIpc) is 2.80. The van der Waals surface area contributed by atoms with Crippen molar-refractivity contribution in [1.29, 1.82) is 0 Å². The third-order valence-corrected chi connectivity index (χ3v) is 3.58. The van der Waals surface area contributed by atoms with Crippen LogP contribution in [0.1, 0.15) is 12.0 Å². The number of carbonyl (C=O) groups is 2. The number of carbonyl (C=O) groups excluding carboxylic acids is 2. The van der Waals surface area contributed by atoms with Crippen LogP contribution in [0, 0.1) is 11.7 Å². The summed E-state index contributed by atoms with van der Waals surface area (Å²) in [6.07, 6.45) is -4.21. The predicted octanol–water partition coefficient (Wildman–Crippen LogP) is 1.90. The summed E-state index contributed by atoms with van der Waals surface area (Å²) < 4.78 is 49.7. The van der Waals surface area contributed by atoms with Crippen molar-refractivity contribution in [3.8, 4) is 0 Å². The fourth-order valence-electron chi connectivity index (χ4n) is 2.44. The molecule has 23 heavy (non-hydrogen) atoms. The number of benzene rings is 1. The zero-order valence-electron chi connectivity index (χ0n) is 12.2. The van der Waals surface area contributed by atoms with Gasteiger partial charge in [-0.05, 0) is 24.1 Å². The summed E-state index contributed by atoms with van der Waals surface area (Å²) in [6, 6.07) is 5.79. The molecule has 1 atom stereocenters. The molecule has 126 valence electrons. The predicted molar refractivity (Wildman–Crippen MR) is 73.9 cm³/mol. The first kappa shape index (κ1) is 17.2. The van der Waals surface area contributed by atoms with E-state index in [1.807, 2.05) is 0 Å². The van der Waals surface area contributed by atoms with Crippen LogP contribution in [0.25, 0.3) is 0 Å². The lowest BCUT2D eigenvalue weighted by atomic mass is 10.1. The second kappa shape index (κ2) is 6.97. The van der Waals surface area contributed by atoms with E-state index in [1.165, 1.54) is 12.1 Å². The van der Waals surface area contributed by atoms with Gasteiger partial charge in [0.25, 0.3) is 0 Å². The van der Waals surface area contributed by atoms with Gasteiger partial charge in [-0.2, -0.15) is 13.2 Å². The second-order valence-corrected chi connectivity index (χ2v) is 5.46. The first-order valence-corrected chi connectivity index (χ1v) is 7.11. The molecule has 0 bridgehead atoms. The van der Waals surface area contributed by atoms with E-state index in [2.05, 4.69) is 5.32 Å². The summed E-state index contributed by atoms with van der Waals surface area (Å²) in [5.41, 5.74) is 0.827. The molecule has 1 aromatic rings. The van der Waals surface area contributed by atoms with Crippen LogP contribution < -0.4 is 5.32 Å². The van der Waals surface area contributed by atoms with Crippen molar-refractivity contribution in [2.75, 3.05) is 19.6 Å². The first-order valence-electron chi connectivity index (χ1n) is 7.11. The van der Waals surface area contributed by atoms with Crippen molar-refractivity contribution in [3.63, 3.8) is 0 Å². The molecule has 8 heteroatoms. The quantitative estimate of drug-likeness (QED) is 0.837. The molecule has 0 saturated carbocycles. The minimum atomic E-state index is -4.47. The van der Waals surface area contributed by atoms with E-state index in [9.17, 15) is 27.2 Å². The van der Waals surface area contributed by atoms with E-state index in [0.29, 0.717) is 11.3 Å². The minimum absolute atomic E-state index is 0.210. The van der Waals surface area contributed by atoms with Crippen LogP contribution in [0.15, 0.2) is 24.3 Å². The smallest absolute Gasteiger partial charge is 0.355 e. The largest absolute Gasteiger partial charge is 0.406 e. The van der Waals surface area contributed by atoms with Crippen LogP contribution in [-0.4, -0.2) is 42.5 Å². The van der Waals surface area contributed by atoms with E-state index in [0.717, 1.165) is 5.56 Å². The number of alkyl halides is 3. The lowest BCUT2D eigenvalue weighted by Crippen LogP contribution is -2.37. The maximum Gasteiger partial charge on any atom is 0.406 e. The van der Waals surface area contributed by atoms with Crippen LogP contribution in [0.5, 0.6) is 0 Å². The molecule has 0 aliphatic carbocycles. The van der Waals surface area contributed by atoms with E-state index < -0.39 is 30.5 Å². The van der Waals surface area contributed by atoms with E-state index in [1.54, 1.807) is 12.1 Å². The summed E-state index contributed by atoms with van der Waals surface area (Å²) in [6.45, 7) is -1.28. The van der Waals surface area contributed by atoms with Crippen LogP contribution in [0.2, 0.25) is 0 Å². The second-order valence-electron chi connectivity index (χ2n) is 5.46. The Morgan fingerprint density at radius 2 is 1.91 bits per heavy atom. The summed E-state index contributed by atoms with van der Waals surface area (Å²) in [5.74, 6) is -2.23. The van der Waals surface area contributed by atoms with E-state index in [-0.39, 0.29) is 25.3 Å².